The van der Waals surface area contributed by atoms with Crippen LogP contribution in [0.4, 0.5) is 0 Å². The van der Waals surface area contributed by atoms with Gasteiger partial charge in [-0.1, -0.05) is 24.3 Å². The largest absolute Gasteiger partial charge is 0.481 e. The van der Waals surface area contributed by atoms with Crippen LogP contribution < -0.4 is 0 Å². The molecular formula is C16H17NO2S. The fourth-order valence-electron chi connectivity index (χ4n) is 2.76. The van der Waals surface area contributed by atoms with E-state index in [9.17, 15) is 9.90 Å². The van der Waals surface area contributed by atoms with Crippen molar-refractivity contribution < 1.29 is 9.90 Å². The summed E-state index contributed by atoms with van der Waals surface area (Å²) in [7, 11) is 0. The number of carboxylic acid groups (broad SMARTS) is 1. The molecule has 3 rings (SSSR count). The fourth-order valence-corrected chi connectivity index (χ4v) is 3.95. The summed E-state index contributed by atoms with van der Waals surface area (Å²) < 4.78 is 0. The van der Waals surface area contributed by atoms with Gasteiger partial charge in [0.1, 0.15) is 0 Å². The Balaban J connectivity index is 1.90. The molecule has 0 saturated heterocycles. The molecule has 0 spiro atoms. The topological polar surface area (TPSA) is 50.2 Å². The average Bonchev–Trinajstić information content (AvgIpc) is 2.83. The van der Waals surface area contributed by atoms with Gasteiger partial charge in [-0.15, -0.1) is 11.3 Å². The number of aliphatic carboxylic acids is 1. The van der Waals surface area contributed by atoms with Crippen LogP contribution >= 0.6 is 11.3 Å². The molecule has 1 heterocycles. The maximum Gasteiger partial charge on any atom is 0.312 e. The van der Waals surface area contributed by atoms with Gasteiger partial charge in [0.15, 0.2) is 0 Å². The first-order chi connectivity index (χ1) is 9.65. The first-order valence-electron chi connectivity index (χ1n) is 6.91. The Labute approximate surface area is 122 Å². The van der Waals surface area contributed by atoms with Crippen molar-refractivity contribution in [2.24, 2.45) is 0 Å². The Hall–Kier alpha value is -1.68. The molecule has 2 aromatic rings. The Kier molecular flexibility index (Phi) is 3.57. The summed E-state index contributed by atoms with van der Waals surface area (Å²) in [4.78, 5) is 17.1. The second-order valence-electron chi connectivity index (χ2n) is 5.30. The lowest BCUT2D eigenvalue weighted by Gasteiger charge is -2.16. The van der Waals surface area contributed by atoms with Crippen LogP contribution in [0.15, 0.2) is 24.3 Å². The van der Waals surface area contributed by atoms with Gasteiger partial charge >= 0.3 is 5.97 Å². The normalized spacial score (nSPS) is 17.8. The molecule has 0 radical (unpaired) electrons. The summed E-state index contributed by atoms with van der Waals surface area (Å²) in [6, 6.07) is 8.29. The van der Waals surface area contributed by atoms with E-state index in [0.29, 0.717) is 0 Å². The van der Waals surface area contributed by atoms with Crippen LogP contribution in [-0.2, 0) is 17.6 Å². The van der Waals surface area contributed by atoms with E-state index in [0.717, 1.165) is 36.4 Å². The van der Waals surface area contributed by atoms with Gasteiger partial charge in [0.25, 0.3) is 0 Å². The summed E-state index contributed by atoms with van der Waals surface area (Å²) in [6.45, 7) is 2.10. The van der Waals surface area contributed by atoms with Crippen LogP contribution in [0.5, 0.6) is 0 Å². The molecule has 0 aliphatic heterocycles. The minimum Gasteiger partial charge on any atom is -0.481 e. The van der Waals surface area contributed by atoms with Gasteiger partial charge in [-0.05, 0) is 37.3 Å². The lowest BCUT2D eigenvalue weighted by Crippen LogP contribution is -2.17. The van der Waals surface area contributed by atoms with Gasteiger partial charge in [0.05, 0.1) is 16.6 Å². The number of hydrogen-bond donors (Lipinski definition) is 1. The number of aromatic nitrogens is 1. The van der Waals surface area contributed by atoms with Gasteiger partial charge in [-0.3, -0.25) is 4.79 Å². The molecule has 0 saturated carbocycles. The molecular weight excluding hydrogens is 270 g/mol. The number of hydrogen-bond acceptors (Lipinski definition) is 3. The number of aryl methyl sites for hydroxylation is 2. The second-order valence-corrected chi connectivity index (χ2v) is 6.47. The van der Waals surface area contributed by atoms with Crippen molar-refractivity contribution in [1.82, 2.24) is 4.98 Å². The SMILES string of the molecule is Cc1ccccc1Cc1nc2c(s1)CCCC2C(=O)O. The van der Waals surface area contributed by atoms with Crippen LogP contribution in [0.1, 0.15) is 45.5 Å². The van der Waals surface area contributed by atoms with Gasteiger partial charge in [0, 0.05) is 11.3 Å². The molecule has 104 valence electrons. The zero-order valence-corrected chi connectivity index (χ0v) is 12.2. The van der Waals surface area contributed by atoms with Crippen molar-refractivity contribution in [2.45, 2.75) is 38.5 Å². The molecule has 1 aliphatic carbocycles. The first-order valence-corrected chi connectivity index (χ1v) is 7.72. The zero-order valence-electron chi connectivity index (χ0n) is 11.4. The Morgan fingerprint density at radius 2 is 2.25 bits per heavy atom. The highest BCUT2D eigenvalue weighted by molar-refractivity contribution is 7.11. The van der Waals surface area contributed by atoms with E-state index in [1.54, 1.807) is 11.3 Å². The number of carbonyl (C=O) groups is 1. The van der Waals surface area contributed by atoms with E-state index in [4.69, 9.17) is 0 Å². The Morgan fingerprint density at radius 1 is 1.45 bits per heavy atom. The maximum absolute atomic E-state index is 11.3. The highest BCUT2D eigenvalue weighted by Gasteiger charge is 2.29. The lowest BCUT2D eigenvalue weighted by atomic mass is 9.91. The third-order valence-electron chi connectivity index (χ3n) is 3.90. The highest BCUT2D eigenvalue weighted by Crippen LogP contribution is 2.35. The smallest absolute Gasteiger partial charge is 0.312 e. The monoisotopic (exact) mass is 287 g/mol. The first kappa shape index (κ1) is 13.3. The van der Waals surface area contributed by atoms with E-state index in [1.807, 2.05) is 12.1 Å². The molecule has 1 aliphatic rings. The number of thiazole rings is 1. The maximum atomic E-state index is 11.3. The summed E-state index contributed by atoms with van der Waals surface area (Å²) in [5, 5.41) is 10.3. The van der Waals surface area contributed by atoms with Crippen LogP contribution in [0, 0.1) is 6.92 Å². The molecule has 4 heteroatoms. The van der Waals surface area contributed by atoms with E-state index >= 15 is 0 Å². The number of carboxylic acids is 1. The van der Waals surface area contributed by atoms with E-state index in [1.165, 1.54) is 16.0 Å². The predicted molar refractivity (Wildman–Crippen MR) is 79.4 cm³/mol. The quantitative estimate of drug-likeness (QED) is 0.939. The summed E-state index contributed by atoms with van der Waals surface area (Å²) in [5.74, 6) is -1.14. The van der Waals surface area contributed by atoms with Gasteiger partial charge < -0.3 is 5.11 Å². The van der Waals surface area contributed by atoms with Gasteiger partial charge in [-0.25, -0.2) is 4.98 Å². The fraction of sp³-hybridized carbons (Fsp3) is 0.375. The van der Waals surface area contributed by atoms with Crippen LogP contribution in [0.25, 0.3) is 0 Å². The molecule has 1 atom stereocenters. The van der Waals surface area contributed by atoms with Crippen molar-refractivity contribution in [3.63, 3.8) is 0 Å². The number of benzene rings is 1. The standard InChI is InChI=1S/C16H17NO2S/c1-10-5-2-3-6-11(10)9-14-17-15-12(16(18)19)7-4-8-13(15)20-14/h2-3,5-6,12H,4,7-9H2,1H3,(H,18,19). The summed E-state index contributed by atoms with van der Waals surface area (Å²) in [5.41, 5.74) is 3.35. The number of nitrogens with zero attached hydrogens (tertiary/aromatic N) is 1. The lowest BCUT2D eigenvalue weighted by molar-refractivity contribution is -0.139. The molecule has 3 nitrogen and oxygen atoms in total. The Morgan fingerprint density at radius 3 is 3.00 bits per heavy atom. The highest BCUT2D eigenvalue weighted by atomic mass is 32.1. The molecule has 20 heavy (non-hydrogen) atoms. The minimum atomic E-state index is -0.737. The van der Waals surface area contributed by atoms with E-state index in [2.05, 4.69) is 24.0 Å². The molecule has 0 bridgehead atoms. The van der Waals surface area contributed by atoms with Crippen molar-refractivity contribution in [2.75, 3.05) is 0 Å². The third-order valence-corrected chi connectivity index (χ3v) is 5.03. The molecule has 1 unspecified atom stereocenters. The molecule has 1 N–H and O–H groups in total. The molecule has 0 amide bonds. The summed E-state index contributed by atoms with van der Waals surface area (Å²) >= 11 is 1.69. The molecule has 1 aromatic carbocycles. The number of fused-ring (bicyclic) bond motifs is 1. The number of rotatable bonds is 3. The third kappa shape index (κ3) is 2.48. The van der Waals surface area contributed by atoms with Crippen molar-refractivity contribution in [1.29, 1.82) is 0 Å². The average molecular weight is 287 g/mol. The van der Waals surface area contributed by atoms with E-state index < -0.39 is 11.9 Å². The van der Waals surface area contributed by atoms with Gasteiger partial charge in [0.2, 0.25) is 0 Å². The van der Waals surface area contributed by atoms with Crippen molar-refractivity contribution in [3.8, 4) is 0 Å². The predicted octanol–water partition coefficient (Wildman–Crippen LogP) is 3.55. The minimum absolute atomic E-state index is 0.402. The summed E-state index contributed by atoms with van der Waals surface area (Å²) in [6.07, 6.45) is 3.45. The van der Waals surface area contributed by atoms with Crippen LogP contribution in [0.3, 0.4) is 0 Å². The van der Waals surface area contributed by atoms with E-state index in [-0.39, 0.29) is 0 Å². The van der Waals surface area contributed by atoms with Crippen LogP contribution in [-0.4, -0.2) is 16.1 Å². The van der Waals surface area contributed by atoms with Crippen molar-refractivity contribution in [3.05, 3.63) is 51.0 Å². The van der Waals surface area contributed by atoms with Crippen LogP contribution in [0.2, 0.25) is 0 Å². The zero-order chi connectivity index (χ0) is 14.1. The van der Waals surface area contributed by atoms with Gasteiger partial charge in [-0.2, -0.15) is 0 Å². The van der Waals surface area contributed by atoms with Crippen molar-refractivity contribution >= 4 is 17.3 Å². The second kappa shape index (κ2) is 5.37. The molecule has 1 aromatic heterocycles. The Bertz CT molecular complexity index is 648. The molecule has 0 fully saturated rings.